The summed E-state index contributed by atoms with van der Waals surface area (Å²) in [6.07, 6.45) is 0.718. The Morgan fingerprint density at radius 3 is 2.29 bits per heavy atom. The van der Waals surface area contributed by atoms with Crippen molar-refractivity contribution in [1.29, 1.82) is 0 Å². The van der Waals surface area contributed by atoms with E-state index in [0.29, 0.717) is 12.8 Å². The summed E-state index contributed by atoms with van der Waals surface area (Å²) >= 11 is 0. The molecule has 1 unspecified atom stereocenters. The molecular weight excluding hydrogens is 92.1 g/mol. The Hall–Kier alpha value is -0.0800. The Morgan fingerprint density at radius 1 is 1.57 bits per heavy atom. The fourth-order valence-electron chi connectivity index (χ4n) is 0.327. The van der Waals surface area contributed by atoms with Gasteiger partial charge in [-0.3, -0.25) is 0 Å². The molecule has 0 aliphatic rings. The van der Waals surface area contributed by atoms with Crippen LogP contribution in [0.2, 0.25) is 0 Å². The van der Waals surface area contributed by atoms with Crippen LogP contribution in [-0.2, 0) is 0 Å². The molecule has 0 saturated carbocycles. The average Bonchev–Trinajstić information content (AvgIpc) is 1.68. The smallest absolute Gasteiger partial charge is 0.0770 e. The van der Waals surface area contributed by atoms with Gasteiger partial charge in [-0.1, -0.05) is 13.3 Å². The van der Waals surface area contributed by atoms with E-state index in [0.717, 1.165) is 0 Å². The van der Waals surface area contributed by atoms with Gasteiger partial charge in [-0.15, -0.1) is 0 Å². The van der Waals surface area contributed by atoms with E-state index >= 15 is 0 Å². The third kappa shape index (κ3) is 3.76. The number of hydrogen-bond acceptors (Lipinski definition) is 2. The summed E-state index contributed by atoms with van der Waals surface area (Å²) in [7, 11) is 0. The molecule has 0 amide bonds. The van der Waals surface area contributed by atoms with E-state index < -0.39 is 6.10 Å². The standard InChI is InChI=1S/C5H11O2/c1-2-3-5(7)4-6/h5-7H,1-4H2. The van der Waals surface area contributed by atoms with Gasteiger partial charge < -0.3 is 10.2 Å². The molecule has 0 aromatic rings. The van der Waals surface area contributed by atoms with Crippen LogP contribution in [0, 0.1) is 6.92 Å². The van der Waals surface area contributed by atoms with Gasteiger partial charge in [0.25, 0.3) is 0 Å². The van der Waals surface area contributed by atoms with Crippen molar-refractivity contribution in [2.75, 3.05) is 6.61 Å². The highest BCUT2D eigenvalue weighted by Gasteiger charge is 1.96. The van der Waals surface area contributed by atoms with Crippen LogP contribution in [0.25, 0.3) is 0 Å². The maximum atomic E-state index is 8.57. The molecule has 0 spiro atoms. The fourth-order valence-corrected chi connectivity index (χ4v) is 0.327. The molecule has 0 aliphatic heterocycles. The quantitative estimate of drug-likeness (QED) is 0.526. The largest absolute Gasteiger partial charge is 0.394 e. The van der Waals surface area contributed by atoms with Gasteiger partial charge in [0.1, 0.15) is 0 Å². The topological polar surface area (TPSA) is 40.5 Å². The molecule has 0 saturated heterocycles. The molecule has 0 aliphatic carbocycles. The number of hydrogen-bond donors (Lipinski definition) is 2. The molecular formula is C5H11O2. The number of rotatable bonds is 3. The van der Waals surface area contributed by atoms with Crippen LogP contribution in [-0.4, -0.2) is 22.9 Å². The number of aliphatic hydroxyl groups is 2. The van der Waals surface area contributed by atoms with Gasteiger partial charge in [0.15, 0.2) is 0 Å². The van der Waals surface area contributed by atoms with Gasteiger partial charge in [-0.05, 0) is 6.42 Å². The normalized spacial score (nSPS) is 14.1. The van der Waals surface area contributed by atoms with Gasteiger partial charge in [0.05, 0.1) is 12.7 Å². The van der Waals surface area contributed by atoms with E-state index in [9.17, 15) is 0 Å². The Morgan fingerprint density at radius 2 is 2.14 bits per heavy atom. The third-order valence-electron chi connectivity index (χ3n) is 0.748. The van der Waals surface area contributed by atoms with Crippen molar-refractivity contribution < 1.29 is 10.2 Å². The Kier molecular flexibility index (Phi) is 4.04. The van der Waals surface area contributed by atoms with E-state index in [2.05, 4.69) is 6.92 Å². The monoisotopic (exact) mass is 103 g/mol. The lowest BCUT2D eigenvalue weighted by atomic mass is 10.2. The minimum Gasteiger partial charge on any atom is -0.394 e. The molecule has 0 heterocycles. The molecule has 2 nitrogen and oxygen atoms in total. The highest BCUT2D eigenvalue weighted by atomic mass is 16.3. The third-order valence-corrected chi connectivity index (χ3v) is 0.748. The lowest BCUT2D eigenvalue weighted by Gasteiger charge is -2.00. The van der Waals surface area contributed by atoms with Crippen molar-refractivity contribution in [3.05, 3.63) is 6.92 Å². The zero-order valence-electron chi connectivity index (χ0n) is 4.30. The highest BCUT2D eigenvalue weighted by Crippen LogP contribution is 1.91. The fraction of sp³-hybridized carbons (Fsp3) is 0.800. The van der Waals surface area contributed by atoms with Crippen molar-refractivity contribution in [3.8, 4) is 0 Å². The van der Waals surface area contributed by atoms with Crippen LogP contribution in [0.3, 0.4) is 0 Å². The minimum absolute atomic E-state index is 0.143. The van der Waals surface area contributed by atoms with Crippen LogP contribution >= 0.6 is 0 Å². The Balaban J connectivity index is 2.83. The van der Waals surface area contributed by atoms with Crippen molar-refractivity contribution in [2.45, 2.75) is 18.9 Å². The van der Waals surface area contributed by atoms with Crippen LogP contribution in [0.4, 0.5) is 0 Å². The zero-order valence-corrected chi connectivity index (χ0v) is 4.30. The summed E-state index contributed by atoms with van der Waals surface area (Å²) < 4.78 is 0. The minimum atomic E-state index is -0.558. The molecule has 1 atom stereocenters. The van der Waals surface area contributed by atoms with Crippen molar-refractivity contribution in [1.82, 2.24) is 0 Å². The van der Waals surface area contributed by atoms with Crippen molar-refractivity contribution >= 4 is 0 Å². The van der Waals surface area contributed by atoms with E-state index in [1.54, 1.807) is 0 Å². The van der Waals surface area contributed by atoms with E-state index in [-0.39, 0.29) is 6.61 Å². The van der Waals surface area contributed by atoms with Gasteiger partial charge in [0.2, 0.25) is 0 Å². The Labute approximate surface area is 43.8 Å². The van der Waals surface area contributed by atoms with Gasteiger partial charge in [-0.2, -0.15) is 0 Å². The van der Waals surface area contributed by atoms with Gasteiger partial charge in [0, 0.05) is 0 Å². The maximum Gasteiger partial charge on any atom is 0.0770 e. The number of aliphatic hydroxyl groups excluding tert-OH is 2. The maximum absolute atomic E-state index is 8.57. The molecule has 2 heteroatoms. The first-order valence-electron chi connectivity index (χ1n) is 2.39. The molecule has 2 N–H and O–H groups in total. The second-order valence-electron chi connectivity index (χ2n) is 1.48. The molecule has 0 bridgehead atoms. The summed E-state index contributed by atoms with van der Waals surface area (Å²) in [6, 6.07) is 0. The summed E-state index contributed by atoms with van der Waals surface area (Å²) in [6.45, 7) is 3.36. The summed E-state index contributed by atoms with van der Waals surface area (Å²) in [5, 5.41) is 16.8. The van der Waals surface area contributed by atoms with Crippen molar-refractivity contribution in [2.24, 2.45) is 0 Å². The lowest BCUT2D eigenvalue weighted by molar-refractivity contribution is 0.0890. The first-order valence-corrected chi connectivity index (χ1v) is 2.39. The highest BCUT2D eigenvalue weighted by molar-refractivity contribution is 4.52. The molecule has 0 fully saturated rings. The predicted molar refractivity (Wildman–Crippen MR) is 27.7 cm³/mol. The van der Waals surface area contributed by atoms with Crippen LogP contribution < -0.4 is 0 Å². The molecule has 7 heavy (non-hydrogen) atoms. The zero-order chi connectivity index (χ0) is 5.70. The Bertz CT molecular complexity index is 37.1. The summed E-state index contributed by atoms with van der Waals surface area (Å²) in [4.78, 5) is 0. The van der Waals surface area contributed by atoms with Crippen LogP contribution in [0.5, 0.6) is 0 Å². The SMILES string of the molecule is [CH2]CCC(O)CO. The van der Waals surface area contributed by atoms with E-state index in [1.807, 2.05) is 0 Å². The first-order chi connectivity index (χ1) is 3.31. The van der Waals surface area contributed by atoms with Crippen molar-refractivity contribution in [3.63, 3.8) is 0 Å². The average molecular weight is 103 g/mol. The first kappa shape index (κ1) is 6.92. The summed E-state index contributed by atoms with van der Waals surface area (Å²) in [5.74, 6) is 0. The second kappa shape index (κ2) is 4.09. The van der Waals surface area contributed by atoms with E-state index in [1.165, 1.54) is 0 Å². The molecule has 43 valence electrons. The molecule has 0 aromatic carbocycles. The van der Waals surface area contributed by atoms with Crippen LogP contribution in [0.1, 0.15) is 12.8 Å². The van der Waals surface area contributed by atoms with Crippen LogP contribution in [0.15, 0.2) is 0 Å². The molecule has 0 aromatic heterocycles. The molecule has 0 rings (SSSR count). The molecule has 1 radical (unpaired) electrons. The predicted octanol–water partition coefficient (Wildman–Crippen LogP) is -0.0461. The van der Waals surface area contributed by atoms with E-state index in [4.69, 9.17) is 10.2 Å². The summed E-state index contributed by atoms with van der Waals surface area (Å²) in [5.41, 5.74) is 0. The second-order valence-corrected chi connectivity index (χ2v) is 1.48. The lowest BCUT2D eigenvalue weighted by Crippen LogP contribution is -2.10. The van der Waals surface area contributed by atoms with Gasteiger partial charge >= 0.3 is 0 Å². The van der Waals surface area contributed by atoms with Gasteiger partial charge in [-0.25, -0.2) is 0 Å².